The molecule has 0 aliphatic heterocycles. The highest BCUT2D eigenvalue weighted by molar-refractivity contribution is 6.31. The Bertz CT molecular complexity index is 2320. The molecule has 0 saturated heterocycles. The number of halogens is 4. The van der Waals surface area contributed by atoms with E-state index in [1.54, 1.807) is 24.5 Å². The molecule has 6 aromatic heterocycles. The molecule has 0 aromatic carbocycles. The molecule has 14 nitrogen and oxygen atoms in total. The molecule has 0 radical (unpaired) electrons. The molecule has 6 heterocycles. The summed E-state index contributed by atoms with van der Waals surface area (Å²) in [5, 5.41) is 26.8. The molecule has 6 N–H and O–H groups in total. The first-order valence-corrected chi connectivity index (χ1v) is 17.6. The van der Waals surface area contributed by atoms with Crippen molar-refractivity contribution in [3.63, 3.8) is 0 Å². The second-order valence-electron chi connectivity index (χ2n) is 13.0. The fourth-order valence-electron chi connectivity index (χ4n) is 6.79. The normalized spacial score (nSPS) is 19.8. The molecule has 2 aliphatic carbocycles. The van der Waals surface area contributed by atoms with Crippen LogP contribution in [0, 0.1) is 23.5 Å². The molecule has 6 aromatic rings. The number of nitrogens with one attached hydrogen (secondary N) is 4. The molecular weight excluding hydrogens is 733 g/mol. The van der Waals surface area contributed by atoms with E-state index < -0.39 is 35.4 Å². The monoisotopic (exact) mass is 764 g/mol. The van der Waals surface area contributed by atoms with Crippen LogP contribution in [0.5, 0.6) is 0 Å². The van der Waals surface area contributed by atoms with Crippen molar-refractivity contribution in [2.45, 2.75) is 57.0 Å². The quantitative estimate of drug-likeness (QED) is 0.0900. The van der Waals surface area contributed by atoms with Gasteiger partial charge in [-0.15, -0.1) is 0 Å². The van der Waals surface area contributed by atoms with Gasteiger partial charge in [-0.3, -0.25) is 9.59 Å². The molecule has 18 heteroatoms. The van der Waals surface area contributed by atoms with E-state index in [9.17, 15) is 23.5 Å². The number of aliphatic carboxylic acids is 2. The van der Waals surface area contributed by atoms with Crippen LogP contribution < -0.4 is 10.6 Å². The van der Waals surface area contributed by atoms with Crippen molar-refractivity contribution in [1.82, 2.24) is 39.9 Å². The number of rotatable bonds is 8. The number of aromatic amines is 2. The van der Waals surface area contributed by atoms with Gasteiger partial charge in [0, 0.05) is 58.8 Å². The zero-order valence-corrected chi connectivity index (χ0v) is 29.3. The Morgan fingerprint density at radius 2 is 1.15 bits per heavy atom. The van der Waals surface area contributed by atoms with Crippen molar-refractivity contribution in [2.24, 2.45) is 11.8 Å². The second-order valence-corrected chi connectivity index (χ2v) is 13.9. The SMILES string of the molecule is O=C(O)[C@@H]1CCC[C@H](Nc2nc(-c3c[nH]c4ncc(Cl)cc34)ncc2F)C1.O=C(O)[C@H]1CC[C@@H](Nc2nc(-c3c[nH]c4ncc(Cl)cc34)ncc2F)C1. The van der Waals surface area contributed by atoms with Crippen molar-refractivity contribution in [3.05, 3.63) is 71.0 Å². The number of carboxylic acid groups (broad SMARTS) is 2. The largest absolute Gasteiger partial charge is 0.481 e. The van der Waals surface area contributed by atoms with Gasteiger partial charge in [0.1, 0.15) is 11.3 Å². The second kappa shape index (κ2) is 15.2. The number of hydrogen-bond donors (Lipinski definition) is 6. The third kappa shape index (κ3) is 7.98. The minimum absolute atomic E-state index is 0.0652. The maximum absolute atomic E-state index is 14.3. The summed E-state index contributed by atoms with van der Waals surface area (Å²) in [6, 6.07) is 3.21. The number of H-pyrrole nitrogens is 2. The van der Waals surface area contributed by atoms with Crippen molar-refractivity contribution in [2.75, 3.05) is 10.6 Å². The number of carboxylic acids is 2. The third-order valence-corrected chi connectivity index (χ3v) is 9.87. The average molecular weight is 766 g/mol. The lowest BCUT2D eigenvalue weighted by Gasteiger charge is -2.27. The Kier molecular flexibility index (Phi) is 10.3. The molecular formula is C35H32Cl2F2N10O4. The lowest BCUT2D eigenvalue weighted by Crippen LogP contribution is -2.31. The van der Waals surface area contributed by atoms with Gasteiger partial charge in [-0.05, 0) is 50.7 Å². The van der Waals surface area contributed by atoms with Crippen LogP contribution in [-0.2, 0) is 9.59 Å². The zero-order chi connectivity index (χ0) is 37.2. The molecule has 274 valence electrons. The lowest BCUT2D eigenvalue weighted by molar-refractivity contribution is -0.143. The Labute approximate surface area is 309 Å². The van der Waals surface area contributed by atoms with Crippen LogP contribution in [0.25, 0.3) is 44.8 Å². The smallest absolute Gasteiger partial charge is 0.306 e. The molecule has 53 heavy (non-hydrogen) atoms. The van der Waals surface area contributed by atoms with E-state index in [0.29, 0.717) is 76.2 Å². The van der Waals surface area contributed by atoms with Crippen LogP contribution in [0.15, 0.2) is 49.3 Å². The first kappa shape index (κ1) is 35.9. The Morgan fingerprint density at radius 3 is 1.62 bits per heavy atom. The third-order valence-electron chi connectivity index (χ3n) is 9.45. The first-order valence-electron chi connectivity index (χ1n) is 16.8. The number of pyridine rings is 2. The van der Waals surface area contributed by atoms with E-state index in [1.807, 2.05) is 0 Å². The number of carbonyl (C=O) groups is 2. The minimum Gasteiger partial charge on any atom is -0.481 e. The summed E-state index contributed by atoms with van der Waals surface area (Å²) in [4.78, 5) is 53.5. The predicted octanol–water partition coefficient (Wildman–Crippen LogP) is 7.35. The van der Waals surface area contributed by atoms with Crippen molar-refractivity contribution in [3.8, 4) is 22.8 Å². The van der Waals surface area contributed by atoms with E-state index in [0.717, 1.165) is 36.0 Å². The van der Waals surface area contributed by atoms with Gasteiger partial charge < -0.3 is 30.8 Å². The topological polar surface area (TPSA) is 208 Å². The molecule has 2 fully saturated rings. The summed E-state index contributed by atoms with van der Waals surface area (Å²) in [5.74, 6) is -2.81. The van der Waals surface area contributed by atoms with Gasteiger partial charge in [0.05, 0.1) is 34.3 Å². The molecule has 0 spiro atoms. The van der Waals surface area contributed by atoms with Gasteiger partial charge in [-0.2, -0.15) is 0 Å². The van der Waals surface area contributed by atoms with Crippen molar-refractivity contribution in [1.29, 1.82) is 0 Å². The average Bonchev–Trinajstić information content (AvgIpc) is 3.89. The highest BCUT2D eigenvalue weighted by atomic mass is 35.5. The van der Waals surface area contributed by atoms with Crippen LogP contribution in [0.4, 0.5) is 20.4 Å². The van der Waals surface area contributed by atoms with Gasteiger partial charge in [0.25, 0.3) is 0 Å². The van der Waals surface area contributed by atoms with Crippen LogP contribution in [-0.4, -0.2) is 74.1 Å². The molecule has 4 atom stereocenters. The molecule has 2 aliphatic rings. The van der Waals surface area contributed by atoms with Crippen molar-refractivity contribution < 1.29 is 28.6 Å². The van der Waals surface area contributed by atoms with Crippen molar-refractivity contribution >= 4 is 68.8 Å². The zero-order valence-electron chi connectivity index (χ0n) is 27.8. The van der Waals surface area contributed by atoms with Gasteiger partial charge in [-0.1, -0.05) is 29.6 Å². The number of aromatic nitrogens is 8. The summed E-state index contributed by atoms with van der Waals surface area (Å²) in [6.07, 6.45) is 13.0. The minimum atomic E-state index is -0.818. The fraction of sp³-hybridized carbons (Fsp3) is 0.314. The first-order chi connectivity index (χ1) is 25.5. The van der Waals surface area contributed by atoms with Crippen LogP contribution in [0.3, 0.4) is 0 Å². The Morgan fingerprint density at radius 1 is 0.679 bits per heavy atom. The summed E-state index contributed by atoms with van der Waals surface area (Å²) in [6.45, 7) is 0. The van der Waals surface area contributed by atoms with Gasteiger partial charge in [0.15, 0.2) is 34.9 Å². The molecule has 0 bridgehead atoms. The van der Waals surface area contributed by atoms with E-state index in [2.05, 4.69) is 50.5 Å². The van der Waals surface area contributed by atoms with Gasteiger partial charge in [0.2, 0.25) is 0 Å². The fourth-order valence-corrected chi connectivity index (χ4v) is 7.11. The highest BCUT2D eigenvalue weighted by Crippen LogP contribution is 2.33. The predicted molar refractivity (Wildman–Crippen MR) is 194 cm³/mol. The summed E-state index contributed by atoms with van der Waals surface area (Å²) in [5.41, 5.74) is 2.59. The van der Waals surface area contributed by atoms with Crippen LogP contribution in [0.2, 0.25) is 10.0 Å². The lowest BCUT2D eigenvalue weighted by atomic mass is 9.86. The Hall–Kier alpha value is -5.48. The molecule has 0 amide bonds. The molecule has 0 unspecified atom stereocenters. The number of anilines is 2. The van der Waals surface area contributed by atoms with Crippen LogP contribution in [0.1, 0.15) is 44.9 Å². The summed E-state index contributed by atoms with van der Waals surface area (Å²) >= 11 is 12.0. The highest BCUT2D eigenvalue weighted by Gasteiger charge is 2.31. The van der Waals surface area contributed by atoms with E-state index >= 15 is 0 Å². The van der Waals surface area contributed by atoms with E-state index in [4.69, 9.17) is 28.3 Å². The number of nitrogens with zero attached hydrogens (tertiary/aromatic N) is 6. The summed E-state index contributed by atoms with van der Waals surface area (Å²) < 4.78 is 28.4. The van der Waals surface area contributed by atoms with E-state index in [-0.39, 0.29) is 23.7 Å². The maximum atomic E-state index is 14.3. The van der Waals surface area contributed by atoms with E-state index in [1.165, 1.54) is 12.4 Å². The maximum Gasteiger partial charge on any atom is 0.306 e. The molecule has 8 rings (SSSR count). The standard InChI is InChI=1S/C18H17ClFN5O2.C17H15ClFN5O2/c19-10-5-12-13(7-22-15(12)21-6-10)16-23-8-14(20)17(25-16)24-11-3-1-2-9(4-11)18(26)27;18-9-4-11-12(6-21-14(11)20-5-9)15-22-7-13(19)16(24-15)23-10-2-1-8(3-10)17(25)26/h5-9,11H,1-4H2,(H,21,22)(H,26,27)(H,23,24,25);4-8,10H,1-3H2,(H,20,21)(H,25,26)(H,22,23,24)/t9-,11+;8-,10+/m10/s1. The van der Waals surface area contributed by atoms with Gasteiger partial charge in [-0.25, -0.2) is 38.7 Å². The van der Waals surface area contributed by atoms with Crippen LogP contribution >= 0.6 is 23.2 Å². The molecule has 2 saturated carbocycles. The number of hydrogen-bond acceptors (Lipinski definition) is 10. The summed E-state index contributed by atoms with van der Waals surface area (Å²) in [7, 11) is 0. The Balaban J connectivity index is 0.000000164. The number of fused-ring (bicyclic) bond motifs is 2. The van der Waals surface area contributed by atoms with Gasteiger partial charge >= 0.3 is 11.9 Å².